The Kier molecular flexibility index (Phi) is 1.59. The van der Waals surface area contributed by atoms with Gasteiger partial charge in [-0.15, -0.1) is 0 Å². The highest BCUT2D eigenvalue weighted by molar-refractivity contribution is 5.09. The molecule has 0 amide bonds. The molecule has 2 rings (SSSR count). The van der Waals surface area contributed by atoms with Gasteiger partial charge in [-0.05, 0) is 25.7 Å². The first kappa shape index (κ1) is 8.52. The predicted octanol–water partition coefficient (Wildman–Crippen LogP) is 1.71. The van der Waals surface area contributed by atoms with Crippen LogP contribution in [0.25, 0.3) is 0 Å². The van der Waals surface area contributed by atoms with Crippen LogP contribution in [0.2, 0.25) is 0 Å². The highest BCUT2D eigenvalue weighted by Crippen LogP contribution is 2.53. The van der Waals surface area contributed by atoms with Crippen molar-refractivity contribution in [2.45, 2.75) is 57.3 Å². The molecule has 0 aliphatic carbocycles. The van der Waals surface area contributed by atoms with Crippen LogP contribution in [0, 0.1) is 5.92 Å². The minimum atomic E-state index is -0.242. The van der Waals surface area contributed by atoms with Gasteiger partial charge < -0.3 is 9.84 Å². The second-order valence-corrected chi connectivity index (χ2v) is 4.85. The van der Waals surface area contributed by atoms with Crippen LogP contribution in [-0.2, 0) is 4.74 Å². The average molecular weight is 170 g/mol. The zero-order valence-corrected chi connectivity index (χ0v) is 8.13. The van der Waals surface area contributed by atoms with E-state index >= 15 is 0 Å². The van der Waals surface area contributed by atoms with Crippen LogP contribution in [0.5, 0.6) is 0 Å². The van der Waals surface area contributed by atoms with Crippen molar-refractivity contribution in [1.29, 1.82) is 0 Å². The second-order valence-electron chi connectivity index (χ2n) is 4.85. The van der Waals surface area contributed by atoms with Gasteiger partial charge in [0.05, 0.1) is 17.3 Å². The maximum Gasteiger partial charge on any atom is 0.0922 e. The Balaban J connectivity index is 2.25. The molecule has 2 saturated heterocycles. The van der Waals surface area contributed by atoms with Crippen molar-refractivity contribution in [1.82, 2.24) is 0 Å². The number of aliphatic hydroxyl groups is 1. The maximum atomic E-state index is 9.77. The van der Waals surface area contributed by atoms with Crippen molar-refractivity contribution in [2.75, 3.05) is 0 Å². The van der Waals surface area contributed by atoms with E-state index in [0.29, 0.717) is 5.92 Å². The Morgan fingerprint density at radius 2 is 2.08 bits per heavy atom. The molecule has 2 nitrogen and oxygen atoms in total. The summed E-state index contributed by atoms with van der Waals surface area (Å²) in [5.41, 5.74) is -0.238. The third kappa shape index (κ3) is 0.882. The van der Waals surface area contributed by atoms with Crippen molar-refractivity contribution in [3.05, 3.63) is 0 Å². The number of hydrogen-bond donors (Lipinski definition) is 1. The summed E-state index contributed by atoms with van der Waals surface area (Å²) in [5, 5.41) is 9.77. The molecule has 0 radical (unpaired) electrons. The van der Waals surface area contributed by atoms with Crippen molar-refractivity contribution >= 4 is 0 Å². The van der Waals surface area contributed by atoms with E-state index < -0.39 is 0 Å². The minimum absolute atomic E-state index is 0.00579. The van der Waals surface area contributed by atoms with Gasteiger partial charge in [0.2, 0.25) is 0 Å². The summed E-state index contributed by atoms with van der Waals surface area (Å²) in [6, 6.07) is 0. The summed E-state index contributed by atoms with van der Waals surface area (Å²) in [6.45, 7) is 6.41. The Labute approximate surface area is 73.9 Å². The fourth-order valence-electron chi connectivity index (χ4n) is 2.59. The molecule has 2 aliphatic heterocycles. The smallest absolute Gasteiger partial charge is 0.0922 e. The van der Waals surface area contributed by atoms with Gasteiger partial charge in [0.1, 0.15) is 0 Å². The molecular weight excluding hydrogens is 152 g/mol. The lowest BCUT2D eigenvalue weighted by atomic mass is 9.76. The lowest BCUT2D eigenvalue weighted by Crippen LogP contribution is -2.36. The number of hydrogen-bond acceptors (Lipinski definition) is 2. The Morgan fingerprint density at radius 3 is 2.33 bits per heavy atom. The quantitative estimate of drug-likeness (QED) is 0.649. The van der Waals surface area contributed by atoms with Crippen LogP contribution < -0.4 is 0 Å². The van der Waals surface area contributed by atoms with Crippen molar-refractivity contribution in [2.24, 2.45) is 5.92 Å². The summed E-state index contributed by atoms with van der Waals surface area (Å²) in [7, 11) is 0. The first-order valence-electron chi connectivity index (χ1n) is 4.87. The van der Waals surface area contributed by atoms with Crippen LogP contribution in [0.15, 0.2) is 0 Å². The molecular formula is C10H18O2. The molecule has 70 valence electrons. The highest BCUT2D eigenvalue weighted by atomic mass is 16.6. The molecule has 0 aromatic rings. The van der Waals surface area contributed by atoms with Crippen LogP contribution >= 0.6 is 0 Å². The highest BCUT2D eigenvalue weighted by Gasteiger charge is 2.59. The molecule has 12 heavy (non-hydrogen) atoms. The molecule has 2 heterocycles. The molecule has 2 aliphatic rings. The monoisotopic (exact) mass is 170 g/mol. The number of ether oxygens (including phenoxy) is 1. The first-order valence-corrected chi connectivity index (χ1v) is 4.87. The standard InChI is InChI=1S/C10H18O2/c1-7(2)10-5-4-9(3,12-10)8(11)6-10/h7-8,11H,4-6H2,1-3H3/t8-,9+,10-/m1/s1. The first-order chi connectivity index (χ1) is 5.49. The van der Waals surface area contributed by atoms with E-state index in [1.165, 1.54) is 0 Å². The van der Waals surface area contributed by atoms with E-state index in [2.05, 4.69) is 13.8 Å². The predicted molar refractivity (Wildman–Crippen MR) is 46.9 cm³/mol. The van der Waals surface area contributed by atoms with Crippen LogP contribution in [0.3, 0.4) is 0 Å². The van der Waals surface area contributed by atoms with E-state index in [1.54, 1.807) is 0 Å². The maximum absolute atomic E-state index is 9.77. The van der Waals surface area contributed by atoms with Crippen molar-refractivity contribution in [3.8, 4) is 0 Å². The molecule has 0 unspecified atom stereocenters. The zero-order chi connectivity index (χ0) is 8.98. The van der Waals surface area contributed by atoms with E-state index in [-0.39, 0.29) is 17.3 Å². The second kappa shape index (κ2) is 2.24. The zero-order valence-electron chi connectivity index (χ0n) is 8.13. The molecule has 2 fully saturated rings. The third-order valence-electron chi connectivity index (χ3n) is 3.78. The van der Waals surface area contributed by atoms with Gasteiger partial charge >= 0.3 is 0 Å². The van der Waals surface area contributed by atoms with Gasteiger partial charge in [0.25, 0.3) is 0 Å². The molecule has 2 bridgehead atoms. The summed E-state index contributed by atoms with van der Waals surface area (Å²) < 4.78 is 5.97. The van der Waals surface area contributed by atoms with E-state index in [0.717, 1.165) is 19.3 Å². The molecule has 0 spiro atoms. The third-order valence-corrected chi connectivity index (χ3v) is 3.78. The van der Waals surface area contributed by atoms with Gasteiger partial charge in [-0.25, -0.2) is 0 Å². The Hall–Kier alpha value is -0.0800. The number of rotatable bonds is 1. The number of aliphatic hydroxyl groups excluding tert-OH is 1. The SMILES string of the molecule is CC(C)[C@]12CC[C@](C)(O1)[C@H](O)C2. The minimum Gasteiger partial charge on any atom is -0.390 e. The average Bonchev–Trinajstić information content (AvgIpc) is 2.41. The lowest BCUT2D eigenvalue weighted by Gasteiger charge is -2.29. The van der Waals surface area contributed by atoms with Crippen LogP contribution in [-0.4, -0.2) is 22.4 Å². The molecule has 1 N–H and O–H groups in total. The van der Waals surface area contributed by atoms with Gasteiger partial charge in [-0.2, -0.15) is 0 Å². The van der Waals surface area contributed by atoms with Crippen molar-refractivity contribution in [3.63, 3.8) is 0 Å². The molecule has 0 aromatic heterocycles. The van der Waals surface area contributed by atoms with Crippen molar-refractivity contribution < 1.29 is 9.84 Å². The van der Waals surface area contributed by atoms with Crippen LogP contribution in [0.4, 0.5) is 0 Å². The van der Waals surface area contributed by atoms with Gasteiger partial charge in [-0.1, -0.05) is 13.8 Å². The fourth-order valence-corrected chi connectivity index (χ4v) is 2.59. The van der Waals surface area contributed by atoms with Crippen LogP contribution in [0.1, 0.15) is 40.0 Å². The normalized spacial score (nSPS) is 52.2. The van der Waals surface area contributed by atoms with E-state index in [9.17, 15) is 5.11 Å². The van der Waals surface area contributed by atoms with Gasteiger partial charge in [-0.3, -0.25) is 0 Å². The topological polar surface area (TPSA) is 29.5 Å². The summed E-state index contributed by atoms with van der Waals surface area (Å²) in [6.07, 6.45) is 2.74. The molecule has 3 atom stereocenters. The summed E-state index contributed by atoms with van der Waals surface area (Å²) in [4.78, 5) is 0. The van der Waals surface area contributed by atoms with Gasteiger partial charge in [0, 0.05) is 6.42 Å². The lowest BCUT2D eigenvalue weighted by molar-refractivity contribution is -0.0801. The Morgan fingerprint density at radius 1 is 1.42 bits per heavy atom. The molecule has 0 aromatic carbocycles. The van der Waals surface area contributed by atoms with E-state index in [4.69, 9.17) is 4.74 Å². The van der Waals surface area contributed by atoms with Gasteiger partial charge in [0.15, 0.2) is 0 Å². The Bertz CT molecular complexity index is 202. The summed E-state index contributed by atoms with van der Waals surface area (Å²) >= 11 is 0. The molecule has 0 saturated carbocycles. The van der Waals surface area contributed by atoms with E-state index in [1.807, 2.05) is 6.92 Å². The number of fused-ring (bicyclic) bond motifs is 2. The fraction of sp³-hybridized carbons (Fsp3) is 1.00. The largest absolute Gasteiger partial charge is 0.390 e. The molecule has 2 heteroatoms. The summed E-state index contributed by atoms with van der Waals surface area (Å²) in [5.74, 6) is 0.525.